The Hall–Kier alpha value is -3.54. The number of esters is 1. The number of hydrogen-bond acceptors (Lipinski definition) is 3. The lowest BCUT2D eigenvalue weighted by molar-refractivity contribution is -0.125. The molecule has 3 rings (SSSR count). The van der Waals surface area contributed by atoms with E-state index >= 15 is 0 Å². The number of hydrogen-bond donors (Lipinski definition) is 1. The number of rotatable bonds is 5. The maximum absolute atomic E-state index is 13.9. The Kier molecular flexibility index (Phi) is 5.79. The minimum absolute atomic E-state index is 0.372. The van der Waals surface area contributed by atoms with E-state index in [4.69, 9.17) is 4.74 Å². The summed E-state index contributed by atoms with van der Waals surface area (Å²) in [6, 6.07) is 18.3. The van der Waals surface area contributed by atoms with E-state index in [1.165, 1.54) is 0 Å². The molecule has 142 valence electrons. The molecule has 0 aromatic heterocycles. The molecule has 0 radical (unpaired) electrons. The predicted octanol–water partition coefficient (Wildman–Crippen LogP) is 4.81. The van der Waals surface area contributed by atoms with Gasteiger partial charge in [0.05, 0.1) is 0 Å². The van der Waals surface area contributed by atoms with Crippen LogP contribution in [0.2, 0.25) is 0 Å². The topological polar surface area (TPSA) is 55.4 Å². The molecular weight excluding hydrogens is 364 g/mol. The molecule has 0 aliphatic carbocycles. The molecule has 0 bridgehead atoms. The van der Waals surface area contributed by atoms with E-state index in [1.54, 1.807) is 42.5 Å². The van der Waals surface area contributed by atoms with Gasteiger partial charge in [-0.15, -0.1) is 0 Å². The van der Waals surface area contributed by atoms with Crippen molar-refractivity contribution in [3.05, 3.63) is 101 Å². The van der Waals surface area contributed by atoms with Crippen molar-refractivity contribution in [3.63, 3.8) is 0 Å². The second-order valence-electron chi connectivity index (χ2n) is 6.15. The molecule has 0 saturated heterocycles. The van der Waals surface area contributed by atoms with Crippen LogP contribution in [0.5, 0.6) is 0 Å². The molecule has 3 aromatic carbocycles. The van der Waals surface area contributed by atoms with Crippen LogP contribution in [0.1, 0.15) is 27.6 Å². The highest BCUT2D eigenvalue weighted by Gasteiger charge is 2.28. The number of ether oxygens (including phenoxy) is 1. The van der Waals surface area contributed by atoms with Crippen molar-refractivity contribution in [3.8, 4) is 0 Å². The van der Waals surface area contributed by atoms with Crippen LogP contribution in [0, 0.1) is 18.6 Å². The van der Waals surface area contributed by atoms with Gasteiger partial charge < -0.3 is 10.1 Å². The predicted molar refractivity (Wildman–Crippen MR) is 101 cm³/mol. The number of carbonyl (C=O) groups is 2. The fourth-order valence-electron chi connectivity index (χ4n) is 2.60. The Balaban J connectivity index is 1.88. The van der Waals surface area contributed by atoms with Gasteiger partial charge in [0.25, 0.3) is 5.91 Å². The van der Waals surface area contributed by atoms with Crippen LogP contribution < -0.4 is 5.32 Å². The fourth-order valence-corrected chi connectivity index (χ4v) is 2.60. The van der Waals surface area contributed by atoms with E-state index in [0.717, 1.165) is 23.8 Å². The first kappa shape index (κ1) is 19.2. The van der Waals surface area contributed by atoms with Crippen LogP contribution in [-0.2, 0) is 9.53 Å². The van der Waals surface area contributed by atoms with Gasteiger partial charge in [-0.2, -0.15) is 0 Å². The SMILES string of the molecule is Cc1ccc(NC(=O)[C@H](OC(=O)c2c(F)cccc2F)c2ccccc2)cc1. The zero-order valence-corrected chi connectivity index (χ0v) is 15.0. The summed E-state index contributed by atoms with van der Waals surface area (Å²) in [5.41, 5.74) is 1.05. The third-order valence-corrected chi connectivity index (χ3v) is 4.05. The summed E-state index contributed by atoms with van der Waals surface area (Å²) in [5, 5.41) is 2.65. The van der Waals surface area contributed by atoms with Crippen LogP contribution >= 0.6 is 0 Å². The van der Waals surface area contributed by atoms with Crippen molar-refractivity contribution >= 4 is 17.6 Å². The molecule has 0 fully saturated rings. The highest BCUT2D eigenvalue weighted by atomic mass is 19.1. The largest absolute Gasteiger partial charge is 0.444 e. The number of benzene rings is 3. The van der Waals surface area contributed by atoms with E-state index in [1.807, 2.05) is 19.1 Å². The number of anilines is 1. The minimum Gasteiger partial charge on any atom is -0.444 e. The summed E-state index contributed by atoms with van der Waals surface area (Å²) in [4.78, 5) is 25.1. The second-order valence-corrected chi connectivity index (χ2v) is 6.15. The van der Waals surface area contributed by atoms with E-state index in [2.05, 4.69) is 5.32 Å². The van der Waals surface area contributed by atoms with Gasteiger partial charge in [0.1, 0.15) is 17.2 Å². The van der Waals surface area contributed by atoms with Gasteiger partial charge in [0.15, 0.2) is 0 Å². The van der Waals surface area contributed by atoms with Crippen LogP contribution in [0.25, 0.3) is 0 Å². The Bertz CT molecular complexity index is 968. The van der Waals surface area contributed by atoms with Gasteiger partial charge in [-0.25, -0.2) is 13.6 Å². The van der Waals surface area contributed by atoms with Crippen molar-refractivity contribution in [1.82, 2.24) is 0 Å². The zero-order valence-electron chi connectivity index (χ0n) is 15.0. The van der Waals surface area contributed by atoms with Crippen LogP contribution in [0.4, 0.5) is 14.5 Å². The fraction of sp³-hybridized carbons (Fsp3) is 0.0909. The molecule has 0 aliphatic rings. The molecule has 3 aromatic rings. The maximum Gasteiger partial charge on any atom is 0.345 e. The van der Waals surface area contributed by atoms with E-state index < -0.39 is 35.2 Å². The summed E-state index contributed by atoms with van der Waals surface area (Å²) >= 11 is 0. The zero-order chi connectivity index (χ0) is 20.1. The number of aryl methyl sites for hydroxylation is 1. The standard InChI is InChI=1S/C22H17F2NO3/c1-14-10-12-16(13-11-14)25-21(26)20(15-6-3-2-4-7-15)28-22(27)19-17(23)8-5-9-18(19)24/h2-13,20H,1H3,(H,25,26)/t20-/m1/s1. The quantitative estimate of drug-likeness (QED) is 0.646. The Labute approximate surface area is 160 Å². The maximum atomic E-state index is 13.9. The molecule has 1 amide bonds. The molecule has 0 unspecified atom stereocenters. The highest BCUT2D eigenvalue weighted by Crippen LogP contribution is 2.23. The first-order valence-corrected chi connectivity index (χ1v) is 8.53. The number of carbonyl (C=O) groups excluding carboxylic acids is 2. The molecule has 4 nitrogen and oxygen atoms in total. The van der Waals surface area contributed by atoms with Crippen molar-refractivity contribution in [2.75, 3.05) is 5.32 Å². The molecule has 1 N–H and O–H groups in total. The van der Waals surface area contributed by atoms with E-state index in [0.29, 0.717) is 11.3 Å². The lowest BCUT2D eigenvalue weighted by Crippen LogP contribution is -2.26. The molecular formula is C22H17F2NO3. The van der Waals surface area contributed by atoms with Crippen LogP contribution in [-0.4, -0.2) is 11.9 Å². The number of amides is 1. The second kappa shape index (κ2) is 8.43. The minimum atomic E-state index is -1.38. The van der Waals surface area contributed by atoms with Gasteiger partial charge in [-0.3, -0.25) is 4.79 Å². The first-order chi connectivity index (χ1) is 13.5. The summed E-state index contributed by atoms with van der Waals surface area (Å²) in [5.74, 6) is -4.02. The van der Waals surface area contributed by atoms with Gasteiger partial charge >= 0.3 is 5.97 Å². The molecule has 0 heterocycles. The third-order valence-electron chi connectivity index (χ3n) is 4.05. The Morgan fingerprint density at radius 3 is 2.07 bits per heavy atom. The van der Waals surface area contributed by atoms with Crippen molar-refractivity contribution in [1.29, 1.82) is 0 Å². The monoisotopic (exact) mass is 381 g/mol. The Morgan fingerprint density at radius 2 is 1.46 bits per heavy atom. The van der Waals surface area contributed by atoms with Gasteiger partial charge in [0.2, 0.25) is 6.10 Å². The summed E-state index contributed by atoms with van der Waals surface area (Å²) < 4.78 is 33.0. The van der Waals surface area contributed by atoms with Gasteiger partial charge in [-0.05, 0) is 31.2 Å². The number of halogens is 2. The Morgan fingerprint density at radius 1 is 0.857 bits per heavy atom. The third kappa shape index (κ3) is 4.40. The molecule has 28 heavy (non-hydrogen) atoms. The van der Waals surface area contributed by atoms with Crippen LogP contribution in [0.15, 0.2) is 72.8 Å². The average molecular weight is 381 g/mol. The van der Waals surface area contributed by atoms with Crippen LogP contribution in [0.3, 0.4) is 0 Å². The first-order valence-electron chi connectivity index (χ1n) is 8.53. The lowest BCUT2D eigenvalue weighted by atomic mass is 10.1. The van der Waals surface area contributed by atoms with E-state index in [9.17, 15) is 18.4 Å². The summed E-state index contributed by atoms with van der Waals surface area (Å²) in [6.07, 6.45) is -1.38. The molecule has 0 spiro atoms. The normalized spacial score (nSPS) is 11.5. The van der Waals surface area contributed by atoms with Crippen molar-refractivity contribution < 1.29 is 23.1 Å². The molecule has 6 heteroatoms. The van der Waals surface area contributed by atoms with E-state index in [-0.39, 0.29) is 0 Å². The summed E-state index contributed by atoms with van der Waals surface area (Å²) in [7, 11) is 0. The summed E-state index contributed by atoms with van der Waals surface area (Å²) in [6.45, 7) is 1.91. The highest BCUT2D eigenvalue weighted by molar-refractivity contribution is 5.98. The average Bonchev–Trinajstić information content (AvgIpc) is 2.68. The molecule has 0 saturated carbocycles. The lowest BCUT2D eigenvalue weighted by Gasteiger charge is -2.18. The molecule has 0 aliphatic heterocycles. The smallest absolute Gasteiger partial charge is 0.345 e. The van der Waals surface area contributed by atoms with Gasteiger partial charge in [0, 0.05) is 11.3 Å². The number of nitrogens with one attached hydrogen (secondary N) is 1. The van der Waals surface area contributed by atoms with Crippen molar-refractivity contribution in [2.45, 2.75) is 13.0 Å². The van der Waals surface area contributed by atoms with Gasteiger partial charge in [-0.1, -0.05) is 54.1 Å². The van der Waals surface area contributed by atoms with Crippen molar-refractivity contribution in [2.24, 2.45) is 0 Å². The molecule has 1 atom stereocenters.